The van der Waals surface area contributed by atoms with Gasteiger partial charge < -0.3 is 10.2 Å². The fourth-order valence-corrected chi connectivity index (χ4v) is 3.14. The summed E-state index contributed by atoms with van der Waals surface area (Å²) in [6.07, 6.45) is 0.683. The molecule has 0 aliphatic carbocycles. The van der Waals surface area contributed by atoms with Crippen LogP contribution in [-0.4, -0.2) is 62.1 Å². The maximum Gasteiger partial charge on any atom is 0.317 e. The van der Waals surface area contributed by atoms with E-state index in [1.165, 1.54) is 4.31 Å². The summed E-state index contributed by atoms with van der Waals surface area (Å²) in [5, 5.41) is 2.91. The highest BCUT2D eigenvalue weighted by Crippen LogP contribution is 2.12. The van der Waals surface area contributed by atoms with Gasteiger partial charge in [-0.3, -0.25) is 0 Å². The number of sulfonamides is 1. The first kappa shape index (κ1) is 17.2. The van der Waals surface area contributed by atoms with E-state index in [4.69, 9.17) is 0 Å². The summed E-state index contributed by atoms with van der Waals surface area (Å²) >= 11 is 0. The van der Waals surface area contributed by atoms with Crippen molar-refractivity contribution in [3.05, 3.63) is 0 Å². The normalized spacial score (nSPS) is 18.7. The Morgan fingerprint density at radius 3 is 2.35 bits per heavy atom. The van der Waals surface area contributed by atoms with Gasteiger partial charge in [-0.1, -0.05) is 20.8 Å². The first-order chi connectivity index (χ1) is 9.15. The Bertz CT molecular complexity index is 429. The number of carbonyl (C=O) groups excluding carboxylic acids is 1. The Labute approximate surface area is 122 Å². The number of nitrogens with one attached hydrogen (secondary N) is 1. The molecule has 0 atom stereocenters. The lowest BCUT2D eigenvalue weighted by molar-refractivity contribution is 0.195. The van der Waals surface area contributed by atoms with Crippen LogP contribution in [-0.2, 0) is 10.0 Å². The van der Waals surface area contributed by atoms with Gasteiger partial charge in [-0.25, -0.2) is 17.5 Å². The molecule has 0 aromatic carbocycles. The molecule has 1 heterocycles. The predicted octanol–water partition coefficient (Wildman–Crippen LogP) is 1.10. The van der Waals surface area contributed by atoms with E-state index in [-0.39, 0.29) is 17.2 Å². The summed E-state index contributed by atoms with van der Waals surface area (Å²) < 4.78 is 25.2. The largest absolute Gasteiger partial charge is 0.337 e. The van der Waals surface area contributed by atoms with Crippen molar-refractivity contribution in [2.24, 2.45) is 5.41 Å². The van der Waals surface area contributed by atoms with E-state index in [2.05, 4.69) is 26.1 Å². The molecular weight excluding hydrogens is 278 g/mol. The Morgan fingerprint density at radius 1 is 1.15 bits per heavy atom. The minimum atomic E-state index is -3.15. The average molecular weight is 305 g/mol. The van der Waals surface area contributed by atoms with Gasteiger partial charge >= 0.3 is 6.03 Å². The van der Waals surface area contributed by atoms with Crippen molar-refractivity contribution >= 4 is 16.1 Å². The third kappa shape index (κ3) is 5.28. The summed E-state index contributed by atoms with van der Waals surface area (Å²) in [6.45, 7) is 10.4. The lowest BCUT2D eigenvalue weighted by atomic mass is 9.97. The van der Waals surface area contributed by atoms with Crippen molar-refractivity contribution in [3.8, 4) is 0 Å². The van der Waals surface area contributed by atoms with Crippen molar-refractivity contribution in [3.63, 3.8) is 0 Å². The third-order valence-electron chi connectivity index (χ3n) is 3.27. The Balaban J connectivity index is 2.54. The Hall–Kier alpha value is -0.820. The topological polar surface area (TPSA) is 69.7 Å². The minimum absolute atomic E-state index is 0.0408. The number of carbonyl (C=O) groups is 1. The molecule has 0 aromatic rings. The maximum absolute atomic E-state index is 12.1. The Kier molecular flexibility index (Phi) is 5.82. The highest BCUT2D eigenvalue weighted by Gasteiger charge is 2.25. The molecule has 1 aliphatic rings. The van der Waals surface area contributed by atoms with Crippen LogP contribution in [0.5, 0.6) is 0 Å². The standard InChI is InChI=1S/C13H27N3O3S/c1-5-20(18,19)16-8-6-7-15(9-10-16)12(17)14-11-13(2,3)4/h5-11H2,1-4H3,(H,14,17). The van der Waals surface area contributed by atoms with Gasteiger partial charge in [0.1, 0.15) is 0 Å². The van der Waals surface area contributed by atoms with Crippen LogP contribution in [0.25, 0.3) is 0 Å². The molecule has 0 spiro atoms. The highest BCUT2D eigenvalue weighted by atomic mass is 32.2. The van der Waals surface area contributed by atoms with Crippen LogP contribution in [0.3, 0.4) is 0 Å². The van der Waals surface area contributed by atoms with Crippen LogP contribution in [0, 0.1) is 5.41 Å². The number of urea groups is 1. The van der Waals surface area contributed by atoms with Crippen molar-refractivity contribution < 1.29 is 13.2 Å². The second-order valence-corrected chi connectivity index (χ2v) is 8.62. The number of rotatable bonds is 3. The van der Waals surface area contributed by atoms with Crippen molar-refractivity contribution in [1.82, 2.24) is 14.5 Å². The van der Waals surface area contributed by atoms with Crippen molar-refractivity contribution in [1.29, 1.82) is 0 Å². The van der Waals surface area contributed by atoms with Crippen LogP contribution in [0.15, 0.2) is 0 Å². The van der Waals surface area contributed by atoms with Gasteiger partial charge in [-0.2, -0.15) is 0 Å². The van der Waals surface area contributed by atoms with Gasteiger partial charge in [0.25, 0.3) is 0 Å². The molecule has 7 heteroatoms. The molecule has 1 N–H and O–H groups in total. The fourth-order valence-electron chi connectivity index (χ4n) is 2.01. The van der Waals surface area contributed by atoms with Gasteiger partial charge in [-0.15, -0.1) is 0 Å². The lowest BCUT2D eigenvalue weighted by Gasteiger charge is -2.25. The smallest absolute Gasteiger partial charge is 0.317 e. The first-order valence-corrected chi connectivity index (χ1v) is 8.77. The maximum atomic E-state index is 12.1. The van der Waals surface area contributed by atoms with Gasteiger partial charge in [0.05, 0.1) is 5.75 Å². The molecule has 6 nitrogen and oxygen atoms in total. The lowest BCUT2D eigenvalue weighted by Crippen LogP contribution is -2.45. The predicted molar refractivity (Wildman–Crippen MR) is 80.1 cm³/mol. The molecule has 1 fully saturated rings. The molecule has 2 amide bonds. The second-order valence-electron chi connectivity index (χ2n) is 6.36. The zero-order chi connectivity index (χ0) is 15.4. The molecule has 118 valence electrons. The molecule has 0 radical (unpaired) electrons. The zero-order valence-electron chi connectivity index (χ0n) is 13.0. The van der Waals surface area contributed by atoms with E-state index in [1.807, 2.05) is 0 Å². The van der Waals surface area contributed by atoms with Crippen LogP contribution >= 0.6 is 0 Å². The molecule has 1 saturated heterocycles. The summed E-state index contributed by atoms with van der Waals surface area (Å²) in [7, 11) is -3.15. The van der Waals surface area contributed by atoms with E-state index in [0.29, 0.717) is 39.1 Å². The average Bonchev–Trinajstić information content (AvgIpc) is 2.61. The van der Waals surface area contributed by atoms with E-state index in [9.17, 15) is 13.2 Å². The monoisotopic (exact) mass is 305 g/mol. The van der Waals surface area contributed by atoms with Gasteiger partial charge in [0, 0.05) is 32.7 Å². The van der Waals surface area contributed by atoms with Crippen molar-refractivity contribution in [2.75, 3.05) is 38.5 Å². The zero-order valence-corrected chi connectivity index (χ0v) is 13.8. The highest BCUT2D eigenvalue weighted by molar-refractivity contribution is 7.89. The second kappa shape index (κ2) is 6.76. The van der Waals surface area contributed by atoms with E-state index in [0.717, 1.165) is 0 Å². The molecule has 20 heavy (non-hydrogen) atoms. The van der Waals surface area contributed by atoms with E-state index < -0.39 is 10.0 Å². The van der Waals surface area contributed by atoms with Crippen LogP contribution in [0.1, 0.15) is 34.1 Å². The third-order valence-corrected chi connectivity index (χ3v) is 5.15. The van der Waals surface area contributed by atoms with Crippen LogP contribution in [0.4, 0.5) is 4.79 Å². The summed E-state index contributed by atoms with van der Waals surface area (Å²) in [4.78, 5) is 13.8. The molecule has 1 rings (SSSR count). The molecule has 0 bridgehead atoms. The summed E-state index contributed by atoms with van der Waals surface area (Å²) in [5.41, 5.74) is 0.0408. The van der Waals surface area contributed by atoms with Gasteiger partial charge in [-0.05, 0) is 18.8 Å². The van der Waals surface area contributed by atoms with Crippen LogP contribution < -0.4 is 5.32 Å². The molecule has 0 saturated carbocycles. The first-order valence-electron chi connectivity index (χ1n) is 7.16. The fraction of sp³-hybridized carbons (Fsp3) is 0.923. The molecule has 0 aromatic heterocycles. The minimum Gasteiger partial charge on any atom is -0.337 e. The number of hydrogen-bond acceptors (Lipinski definition) is 3. The number of amides is 2. The molecule has 0 unspecified atom stereocenters. The van der Waals surface area contributed by atoms with Crippen LogP contribution in [0.2, 0.25) is 0 Å². The van der Waals surface area contributed by atoms with E-state index in [1.54, 1.807) is 11.8 Å². The number of hydrogen-bond donors (Lipinski definition) is 1. The molecular formula is C13H27N3O3S. The quantitative estimate of drug-likeness (QED) is 0.849. The van der Waals surface area contributed by atoms with Gasteiger partial charge in [0.2, 0.25) is 10.0 Å². The van der Waals surface area contributed by atoms with E-state index >= 15 is 0 Å². The summed E-state index contributed by atoms with van der Waals surface area (Å²) in [6, 6.07) is -0.101. The van der Waals surface area contributed by atoms with Crippen molar-refractivity contribution in [2.45, 2.75) is 34.1 Å². The van der Waals surface area contributed by atoms with Gasteiger partial charge in [0.15, 0.2) is 0 Å². The Morgan fingerprint density at radius 2 is 1.80 bits per heavy atom. The summed E-state index contributed by atoms with van der Waals surface area (Å²) in [5.74, 6) is 0.114. The molecule has 1 aliphatic heterocycles. The number of nitrogens with zero attached hydrogens (tertiary/aromatic N) is 2. The SMILES string of the molecule is CCS(=O)(=O)N1CCCN(C(=O)NCC(C)(C)C)CC1.